The minimum atomic E-state index is 0.0624. The molecule has 0 bridgehead atoms. The standard InChI is InChI=1S/C12H21N5O/c1-9(2)7-17-11(14-8-15-17)5-13-6-12(18)16-10-3-4-10/h8-10,13H,3-7H2,1-2H3,(H,16,18). The molecule has 1 amide bonds. The molecule has 18 heavy (non-hydrogen) atoms. The van der Waals surface area contributed by atoms with Crippen molar-refractivity contribution >= 4 is 5.91 Å². The van der Waals surface area contributed by atoms with E-state index in [4.69, 9.17) is 0 Å². The maximum absolute atomic E-state index is 11.5. The molecule has 1 heterocycles. The Morgan fingerprint density at radius 3 is 3.00 bits per heavy atom. The Balaban J connectivity index is 1.71. The topological polar surface area (TPSA) is 71.8 Å². The van der Waals surface area contributed by atoms with Crippen LogP contribution in [0.3, 0.4) is 0 Å². The molecule has 0 aromatic carbocycles. The second-order valence-electron chi connectivity index (χ2n) is 5.20. The molecule has 1 aromatic heterocycles. The highest BCUT2D eigenvalue weighted by Crippen LogP contribution is 2.18. The molecule has 0 radical (unpaired) electrons. The number of rotatable bonds is 7. The third-order valence-corrected chi connectivity index (χ3v) is 2.74. The molecule has 1 fully saturated rings. The largest absolute Gasteiger partial charge is 0.352 e. The van der Waals surface area contributed by atoms with Gasteiger partial charge < -0.3 is 10.6 Å². The van der Waals surface area contributed by atoms with E-state index in [2.05, 4.69) is 34.6 Å². The Bertz CT molecular complexity index is 397. The lowest BCUT2D eigenvalue weighted by atomic mass is 10.2. The van der Waals surface area contributed by atoms with Gasteiger partial charge in [0.25, 0.3) is 0 Å². The molecular formula is C12H21N5O. The van der Waals surface area contributed by atoms with Crippen LogP contribution in [-0.4, -0.2) is 33.3 Å². The van der Waals surface area contributed by atoms with Crippen LogP contribution in [0.1, 0.15) is 32.5 Å². The maximum atomic E-state index is 11.5. The van der Waals surface area contributed by atoms with Crippen molar-refractivity contribution in [3.05, 3.63) is 12.2 Å². The van der Waals surface area contributed by atoms with Crippen LogP contribution >= 0.6 is 0 Å². The van der Waals surface area contributed by atoms with Crippen LogP contribution in [0.4, 0.5) is 0 Å². The van der Waals surface area contributed by atoms with Gasteiger partial charge in [-0.2, -0.15) is 5.10 Å². The summed E-state index contributed by atoms with van der Waals surface area (Å²) in [5.41, 5.74) is 0. The predicted molar refractivity (Wildman–Crippen MR) is 67.7 cm³/mol. The summed E-state index contributed by atoms with van der Waals surface area (Å²) in [5, 5.41) is 10.2. The first kappa shape index (κ1) is 13.0. The molecule has 0 aliphatic heterocycles. The summed E-state index contributed by atoms with van der Waals surface area (Å²) in [5.74, 6) is 1.47. The zero-order valence-corrected chi connectivity index (χ0v) is 11.0. The molecule has 0 unspecified atom stereocenters. The Morgan fingerprint density at radius 2 is 2.33 bits per heavy atom. The monoisotopic (exact) mass is 251 g/mol. The third kappa shape index (κ3) is 4.10. The zero-order chi connectivity index (χ0) is 13.0. The average molecular weight is 251 g/mol. The summed E-state index contributed by atoms with van der Waals surface area (Å²) in [6, 6.07) is 0.420. The summed E-state index contributed by atoms with van der Waals surface area (Å²) >= 11 is 0. The predicted octanol–water partition coefficient (Wildman–Crippen LogP) is 0.302. The maximum Gasteiger partial charge on any atom is 0.234 e. The summed E-state index contributed by atoms with van der Waals surface area (Å²) < 4.78 is 1.89. The average Bonchev–Trinajstić information content (AvgIpc) is 2.99. The Morgan fingerprint density at radius 1 is 1.56 bits per heavy atom. The van der Waals surface area contributed by atoms with Gasteiger partial charge in [0.2, 0.25) is 5.91 Å². The van der Waals surface area contributed by atoms with Gasteiger partial charge in [-0.25, -0.2) is 9.67 Å². The SMILES string of the molecule is CC(C)Cn1ncnc1CNCC(=O)NC1CC1. The van der Waals surface area contributed by atoms with E-state index in [1.165, 1.54) is 0 Å². The van der Waals surface area contributed by atoms with E-state index < -0.39 is 0 Å². The van der Waals surface area contributed by atoms with Crippen LogP contribution in [0.5, 0.6) is 0 Å². The van der Waals surface area contributed by atoms with Crippen molar-refractivity contribution < 1.29 is 4.79 Å². The normalized spacial score (nSPS) is 15.1. The molecule has 0 atom stereocenters. The van der Waals surface area contributed by atoms with Crippen LogP contribution in [-0.2, 0) is 17.9 Å². The molecule has 6 heteroatoms. The number of amides is 1. The van der Waals surface area contributed by atoms with Crippen LogP contribution in [0.25, 0.3) is 0 Å². The highest BCUT2D eigenvalue weighted by atomic mass is 16.2. The van der Waals surface area contributed by atoms with E-state index in [1.54, 1.807) is 6.33 Å². The first-order chi connectivity index (χ1) is 8.65. The van der Waals surface area contributed by atoms with Gasteiger partial charge in [0.1, 0.15) is 12.2 Å². The zero-order valence-electron chi connectivity index (χ0n) is 11.0. The quantitative estimate of drug-likeness (QED) is 0.731. The fourth-order valence-corrected chi connectivity index (χ4v) is 1.72. The van der Waals surface area contributed by atoms with E-state index in [-0.39, 0.29) is 5.91 Å². The van der Waals surface area contributed by atoms with Gasteiger partial charge >= 0.3 is 0 Å². The van der Waals surface area contributed by atoms with Crippen molar-refractivity contribution in [3.63, 3.8) is 0 Å². The number of carbonyl (C=O) groups is 1. The second-order valence-corrected chi connectivity index (χ2v) is 5.20. The summed E-state index contributed by atoms with van der Waals surface area (Å²) in [7, 11) is 0. The first-order valence-electron chi connectivity index (χ1n) is 6.52. The van der Waals surface area contributed by atoms with E-state index >= 15 is 0 Å². The summed E-state index contributed by atoms with van der Waals surface area (Å²) in [6.07, 6.45) is 3.80. The third-order valence-electron chi connectivity index (χ3n) is 2.74. The fraction of sp³-hybridized carbons (Fsp3) is 0.750. The number of hydrogen-bond acceptors (Lipinski definition) is 4. The molecule has 0 spiro atoms. The van der Waals surface area contributed by atoms with Crippen LogP contribution in [0.2, 0.25) is 0 Å². The van der Waals surface area contributed by atoms with Crippen molar-refractivity contribution in [1.29, 1.82) is 0 Å². The summed E-state index contributed by atoms with van der Waals surface area (Å²) in [6.45, 7) is 6.05. The number of carbonyl (C=O) groups excluding carboxylic acids is 1. The second kappa shape index (κ2) is 5.95. The fourth-order valence-electron chi connectivity index (χ4n) is 1.72. The first-order valence-corrected chi connectivity index (χ1v) is 6.52. The molecule has 100 valence electrons. The van der Waals surface area contributed by atoms with E-state index in [0.29, 0.717) is 25.0 Å². The molecule has 2 rings (SSSR count). The molecule has 1 aliphatic carbocycles. The molecule has 2 N–H and O–H groups in total. The molecular weight excluding hydrogens is 230 g/mol. The number of aromatic nitrogens is 3. The Kier molecular flexibility index (Phi) is 4.30. The minimum Gasteiger partial charge on any atom is -0.352 e. The number of hydrogen-bond donors (Lipinski definition) is 2. The lowest BCUT2D eigenvalue weighted by Crippen LogP contribution is -2.35. The molecule has 6 nitrogen and oxygen atoms in total. The van der Waals surface area contributed by atoms with E-state index in [0.717, 1.165) is 25.2 Å². The van der Waals surface area contributed by atoms with Crippen LogP contribution in [0.15, 0.2) is 6.33 Å². The van der Waals surface area contributed by atoms with Crippen LogP contribution < -0.4 is 10.6 Å². The van der Waals surface area contributed by atoms with Crippen molar-refractivity contribution in [1.82, 2.24) is 25.4 Å². The number of nitrogens with zero attached hydrogens (tertiary/aromatic N) is 3. The van der Waals surface area contributed by atoms with Crippen LogP contribution in [0, 0.1) is 5.92 Å². The van der Waals surface area contributed by atoms with Gasteiger partial charge in [-0.15, -0.1) is 0 Å². The van der Waals surface area contributed by atoms with Crippen molar-refractivity contribution in [2.75, 3.05) is 6.54 Å². The van der Waals surface area contributed by atoms with Gasteiger partial charge in [0.05, 0.1) is 13.1 Å². The lowest BCUT2D eigenvalue weighted by Gasteiger charge is -2.09. The Hall–Kier alpha value is -1.43. The molecule has 1 aliphatic rings. The number of nitrogens with one attached hydrogen (secondary N) is 2. The highest BCUT2D eigenvalue weighted by Gasteiger charge is 2.22. The summed E-state index contributed by atoms with van der Waals surface area (Å²) in [4.78, 5) is 15.7. The van der Waals surface area contributed by atoms with E-state index in [1.807, 2.05) is 4.68 Å². The van der Waals surface area contributed by atoms with Gasteiger partial charge in [-0.3, -0.25) is 4.79 Å². The van der Waals surface area contributed by atoms with E-state index in [9.17, 15) is 4.79 Å². The lowest BCUT2D eigenvalue weighted by molar-refractivity contribution is -0.120. The molecule has 1 saturated carbocycles. The molecule has 1 aromatic rings. The van der Waals surface area contributed by atoms with Crippen molar-refractivity contribution in [3.8, 4) is 0 Å². The van der Waals surface area contributed by atoms with Crippen molar-refractivity contribution in [2.24, 2.45) is 5.92 Å². The van der Waals surface area contributed by atoms with Gasteiger partial charge in [-0.05, 0) is 18.8 Å². The van der Waals surface area contributed by atoms with Gasteiger partial charge in [0, 0.05) is 12.6 Å². The smallest absolute Gasteiger partial charge is 0.234 e. The highest BCUT2D eigenvalue weighted by molar-refractivity contribution is 5.78. The van der Waals surface area contributed by atoms with Gasteiger partial charge in [0.15, 0.2) is 0 Å². The molecule has 0 saturated heterocycles. The minimum absolute atomic E-state index is 0.0624. The Labute approximate surface area is 107 Å². The van der Waals surface area contributed by atoms with Crippen molar-refractivity contribution in [2.45, 2.75) is 45.8 Å². The van der Waals surface area contributed by atoms with Gasteiger partial charge in [-0.1, -0.05) is 13.8 Å².